The molecule has 0 saturated heterocycles. The minimum Gasteiger partial charge on any atom is -0.495 e. The lowest BCUT2D eigenvalue weighted by Gasteiger charge is -2.19. The molecule has 22 heavy (non-hydrogen) atoms. The second-order valence-corrected chi connectivity index (χ2v) is 7.36. The number of carbonyl (C=O) groups is 1. The number of methoxy groups -OCH3 is 2. The fourth-order valence-corrected chi connectivity index (χ4v) is 3.92. The molecule has 7 nitrogen and oxygen atoms in total. The number of aliphatic carboxylic acids is 1. The highest BCUT2D eigenvalue weighted by molar-refractivity contribution is 9.10. The first-order valence-corrected chi connectivity index (χ1v) is 8.58. The SMILES string of the molecule is COc1cc(OC)c(S(=O)(=O)N[C@@H](C(=O)O)C(C)C)cc1Br. The van der Waals surface area contributed by atoms with E-state index in [0.29, 0.717) is 10.2 Å². The van der Waals surface area contributed by atoms with E-state index in [1.165, 1.54) is 26.4 Å². The van der Waals surface area contributed by atoms with Crippen molar-refractivity contribution in [2.45, 2.75) is 24.8 Å². The Morgan fingerprint density at radius 2 is 1.77 bits per heavy atom. The number of hydrogen-bond donors (Lipinski definition) is 2. The summed E-state index contributed by atoms with van der Waals surface area (Å²) in [5.41, 5.74) is 0. The van der Waals surface area contributed by atoms with Crippen LogP contribution in [-0.4, -0.2) is 39.8 Å². The molecule has 0 aliphatic rings. The summed E-state index contributed by atoms with van der Waals surface area (Å²) < 4.78 is 37.7. The van der Waals surface area contributed by atoms with Crippen LogP contribution in [-0.2, 0) is 14.8 Å². The molecule has 0 amide bonds. The van der Waals surface area contributed by atoms with Gasteiger partial charge in [-0.05, 0) is 27.9 Å². The monoisotopic (exact) mass is 395 g/mol. The first-order valence-electron chi connectivity index (χ1n) is 6.30. The van der Waals surface area contributed by atoms with Crippen molar-refractivity contribution in [1.82, 2.24) is 4.72 Å². The van der Waals surface area contributed by atoms with Crippen LogP contribution in [0.3, 0.4) is 0 Å². The van der Waals surface area contributed by atoms with E-state index in [1.54, 1.807) is 13.8 Å². The van der Waals surface area contributed by atoms with E-state index in [-0.39, 0.29) is 10.6 Å². The van der Waals surface area contributed by atoms with Crippen molar-refractivity contribution in [2.75, 3.05) is 14.2 Å². The van der Waals surface area contributed by atoms with E-state index in [1.807, 2.05) is 0 Å². The third-order valence-electron chi connectivity index (χ3n) is 2.94. The third kappa shape index (κ3) is 4.11. The van der Waals surface area contributed by atoms with Gasteiger partial charge in [-0.25, -0.2) is 8.42 Å². The second kappa shape index (κ2) is 7.30. The standard InChI is InChI=1S/C13H18BrNO6S/c1-7(2)12(13(16)17)15-22(18,19)11-5-8(14)9(20-3)6-10(11)21-4/h5-7,12,15H,1-4H3,(H,16,17)/t12-/m1/s1. The van der Waals surface area contributed by atoms with Gasteiger partial charge in [0.05, 0.1) is 18.7 Å². The summed E-state index contributed by atoms with van der Waals surface area (Å²) in [7, 11) is -1.33. The van der Waals surface area contributed by atoms with Gasteiger partial charge in [0.1, 0.15) is 22.4 Å². The number of sulfonamides is 1. The Labute approximate surface area is 137 Å². The normalized spacial score (nSPS) is 13.0. The molecule has 0 saturated carbocycles. The highest BCUT2D eigenvalue weighted by Gasteiger charge is 2.30. The van der Waals surface area contributed by atoms with Gasteiger partial charge < -0.3 is 14.6 Å². The molecule has 2 N–H and O–H groups in total. The Hall–Kier alpha value is -1.32. The van der Waals surface area contributed by atoms with E-state index in [9.17, 15) is 13.2 Å². The maximum absolute atomic E-state index is 12.5. The quantitative estimate of drug-likeness (QED) is 0.730. The van der Waals surface area contributed by atoms with Crippen LogP contribution in [0.5, 0.6) is 11.5 Å². The van der Waals surface area contributed by atoms with E-state index < -0.39 is 28.0 Å². The molecular formula is C13H18BrNO6S. The lowest BCUT2D eigenvalue weighted by Crippen LogP contribution is -2.44. The summed E-state index contributed by atoms with van der Waals surface area (Å²) in [4.78, 5) is 11.0. The maximum Gasteiger partial charge on any atom is 0.322 e. The molecule has 1 aromatic rings. The number of carboxylic acids is 1. The van der Waals surface area contributed by atoms with Crippen LogP contribution in [0.4, 0.5) is 0 Å². The van der Waals surface area contributed by atoms with Crippen molar-refractivity contribution in [2.24, 2.45) is 5.92 Å². The van der Waals surface area contributed by atoms with Gasteiger partial charge in [-0.3, -0.25) is 4.79 Å². The Morgan fingerprint density at radius 3 is 2.18 bits per heavy atom. The minimum atomic E-state index is -4.08. The molecular weight excluding hydrogens is 378 g/mol. The smallest absolute Gasteiger partial charge is 0.322 e. The van der Waals surface area contributed by atoms with E-state index in [2.05, 4.69) is 20.7 Å². The molecule has 0 heterocycles. The summed E-state index contributed by atoms with van der Waals surface area (Å²) in [6.07, 6.45) is 0. The van der Waals surface area contributed by atoms with Crippen LogP contribution in [0.2, 0.25) is 0 Å². The zero-order valence-electron chi connectivity index (χ0n) is 12.6. The summed E-state index contributed by atoms with van der Waals surface area (Å²) in [6, 6.07) is 1.47. The van der Waals surface area contributed by atoms with E-state index >= 15 is 0 Å². The minimum absolute atomic E-state index is 0.0560. The van der Waals surface area contributed by atoms with Gasteiger partial charge >= 0.3 is 5.97 Å². The van der Waals surface area contributed by atoms with Crippen LogP contribution in [0.25, 0.3) is 0 Å². The molecule has 1 aromatic carbocycles. The third-order valence-corrected chi connectivity index (χ3v) is 5.02. The zero-order chi connectivity index (χ0) is 17.1. The van der Waals surface area contributed by atoms with Crippen molar-refractivity contribution < 1.29 is 27.8 Å². The number of hydrogen-bond acceptors (Lipinski definition) is 5. The van der Waals surface area contributed by atoms with Gasteiger partial charge in [-0.2, -0.15) is 4.72 Å². The number of nitrogens with one attached hydrogen (secondary N) is 1. The molecule has 0 aliphatic carbocycles. The van der Waals surface area contributed by atoms with Gasteiger partial charge in [0.2, 0.25) is 10.0 Å². The van der Waals surface area contributed by atoms with Gasteiger partial charge in [0, 0.05) is 6.07 Å². The molecule has 0 aromatic heterocycles. The number of rotatable bonds is 7. The Morgan fingerprint density at radius 1 is 1.23 bits per heavy atom. The molecule has 0 aliphatic heterocycles. The lowest BCUT2D eigenvalue weighted by atomic mass is 10.1. The highest BCUT2D eigenvalue weighted by Crippen LogP contribution is 2.35. The van der Waals surface area contributed by atoms with Crippen LogP contribution in [0.15, 0.2) is 21.5 Å². The number of benzene rings is 1. The van der Waals surface area contributed by atoms with E-state index in [0.717, 1.165) is 0 Å². The molecule has 1 rings (SSSR count). The molecule has 0 radical (unpaired) electrons. The predicted molar refractivity (Wildman–Crippen MR) is 83.8 cm³/mol. The molecule has 9 heteroatoms. The van der Waals surface area contributed by atoms with Crippen molar-refractivity contribution in [3.8, 4) is 11.5 Å². The van der Waals surface area contributed by atoms with Crippen LogP contribution in [0.1, 0.15) is 13.8 Å². The predicted octanol–water partition coefficient (Wildman–Crippen LogP) is 1.85. The highest BCUT2D eigenvalue weighted by atomic mass is 79.9. The Balaban J connectivity index is 3.33. The van der Waals surface area contributed by atoms with Crippen molar-refractivity contribution >= 4 is 31.9 Å². The largest absolute Gasteiger partial charge is 0.495 e. The van der Waals surface area contributed by atoms with Gasteiger partial charge in [0.15, 0.2) is 0 Å². The second-order valence-electron chi connectivity index (χ2n) is 4.82. The van der Waals surface area contributed by atoms with Crippen LogP contribution >= 0.6 is 15.9 Å². The van der Waals surface area contributed by atoms with Gasteiger partial charge in [0.25, 0.3) is 0 Å². The fourth-order valence-electron chi connectivity index (χ4n) is 1.74. The van der Waals surface area contributed by atoms with Gasteiger partial charge in [-0.15, -0.1) is 0 Å². The first-order chi connectivity index (χ1) is 10.1. The Bertz CT molecular complexity index is 659. The zero-order valence-corrected chi connectivity index (χ0v) is 15.0. The maximum atomic E-state index is 12.5. The molecule has 0 spiro atoms. The topological polar surface area (TPSA) is 102 Å². The fraction of sp³-hybridized carbons (Fsp3) is 0.462. The molecule has 0 fully saturated rings. The summed E-state index contributed by atoms with van der Waals surface area (Å²) in [6.45, 7) is 3.23. The molecule has 124 valence electrons. The van der Waals surface area contributed by atoms with Crippen molar-refractivity contribution in [3.05, 3.63) is 16.6 Å². The Kier molecular flexibility index (Phi) is 6.21. The molecule has 1 atom stereocenters. The van der Waals surface area contributed by atoms with Crippen molar-refractivity contribution in [1.29, 1.82) is 0 Å². The number of halogens is 1. The van der Waals surface area contributed by atoms with E-state index in [4.69, 9.17) is 14.6 Å². The average Bonchev–Trinajstić information content (AvgIpc) is 2.43. The van der Waals surface area contributed by atoms with Crippen LogP contribution < -0.4 is 14.2 Å². The average molecular weight is 396 g/mol. The summed E-state index contributed by atoms with van der Waals surface area (Å²) >= 11 is 3.20. The first kappa shape index (κ1) is 18.7. The lowest BCUT2D eigenvalue weighted by molar-refractivity contribution is -0.140. The summed E-state index contributed by atoms with van der Waals surface area (Å²) in [5, 5.41) is 9.13. The number of carboxylic acid groups (broad SMARTS) is 1. The summed E-state index contributed by atoms with van der Waals surface area (Å²) in [5.74, 6) is -1.21. The molecule has 0 bridgehead atoms. The number of ether oxygens (including phenoxy) is 2. The van der Waals surface area contributed by atoms with Crippen LogP contribution in [0, 0.1) is 5.92 Å². The molecule has 0 unspecified atom stereocenters. The van der Waals surface area contributed by atoms with Gasteiger partial charge in [-0.1, -0.05) is 13.8 Å². The van der Waals surface area contributed by atoms with Crippen molar-refractivity contribution in [3.63, 3.8) is 0 Å².